The van der Waals surface area contributed by atoms with Crippen molar-refractivity contribution in [3.05, 3.63) is 11.1 Å². The van der Waals surface area contributed by atoms with Crippen LogP contribution in [0.4, 0.5) is 0 Å². The molecule has 2 heterocycles. The summed E-state index contributed by atoms with van der Waals surface area (Å²) in [6.07, 6.45) is 0.996. The van der Waals surface area contributed by atoms with Gasteiger partial charge in [-0.2, -0.15) is 0 Å². The molecule has 0 amide bonds. The van der Waals surface area contributed by atoms with Gasteiger partial charge in [-0.3, -0.25) is 4.90 Å². The van der Waals surface area contributed by atoms with E-state index in [0.29, 0.717) is 19.7 Å². The molecular weight excluding hydrogens is 218 g/mol. The normalized spacial score (nSPS) is 22.8. The summed E-state index contributed by atoms with van der Waals surface area (Å²) in [6, 6.07) is 0. The van der Waals surface area contributed by atoms with Crippen molar-refractivity contribution in [3.8, 4) is 0 Å². The number of ether oxygens (including phenoxy) is 1. The molecule has 82 valence electrons. The summed E-state index contributed by atoms with van der Waals surface area (Å²) < 4.78 is 8.88. The van der Waals surface area contributed by atoms with E-state index in [9.17, 15) is 4.79 Å². The van der Waals surface area contributed by atoms with Crippen LogP contribution < -0.4 is 0 Å². The van der Waals surface area contributed by atoms with Gasteiger partial charge in [0.15, 0.2) is 6.10 Å². The molecule has 0 radical (unpaired) electrons. The number of rotatable bonds is 3. The molecule has 0 spiro atoms. The van der Waals surface area contributed by atoms with Gasteiger partial charge in [-0.1, -0.05) is 4.49 Å². The number of hydrogen-bond acceptors (Lipinski definition) is 6. The van der Waals surface area contributed by atoms with Gasteiger partial charge in [-0.15, -0.1) is 5.10 Å². The Kier molecular flexibility index (Phi) is 3.24. The van der Waals surface area contributed by atoms with Crippen LogP contribution in [0.5, 0.6) is 0 Å². The van der Waals surface area contributed by atoms with Crippen molar-refractivity contribution >= 4 is 17.5 Å². The van der Waals surface area contributed by atoms with Gasteiger partial charge in [-0.25, -0.2) is 4.79 Å². The zero-order valence-electron chi connectivity index (χ0n) is 8.00. The van der Waals surface area contributed by atoms with Gasteiger partial charge in [0.05, 0.1) is 17.7 Å². The van der Waals surface area contributed by atoms with Gasteiger partial charge in [0.25, 0.3) is 0 Å². The lowest BCUT2D eigenvalue weighted by Crippen LogP contribution is -2.45. The molecule has 0 aromatic carbocycles. The summed E-state index contributed by atoms with van der Waals surface area (Å²) in [6.45, 7) is 2.34. The Bertz CT molecular complexity index is 330. The highest BCUT2D eigenvalue weighted by Gasteiger charge is 2.26. The van der Waals surface area contributed by atoms with Crippen LogP contribution in [-0.4, -0.2) is 51.4 Å². The van der Waals surface area contributed by atoms with Crippen molar-refractivity contribution in [2.45, 2.75) is 12.6 Å². The van der Waals surface area contributed by atoms with E-state index in [1.807, 2.05) is 4.90 Å². The standard InChI is InChI=1S/C8H11N3O3S/c12-8(13)7-5-11(1-2-14-7)4-6-3-9-10-15-6/h3,7H,1-2,4-5H2,(H,12,13). The maximum Gasteiger partial charge on any atom is 0.334 e. The van der Waals surface area contributed by atoms with E-state index in [1.54, 1.807) is 6.20 Å². The molecule has 1 atom stereocenters. The minimum atomic E-state index is -0.901. The third-order valence-corrected chi connectivity index (χ3v) is 2.86. The molecule has 1 aliphatic heterocycles. The highest BCUT2D eigenvalue weighted by Crippen LogP contribution is 2.11. The van der Waals surface area contributed by atoms with Crippen molar-refractivity contribution in [1.82, 2.24) is 14.5 Å². The molecule has 0 aliphatic carbocycles. The fraction of sp³-hybridized carbons (Fsp3) is 0.625. The zero-order valence-corrected chi connectivity index (χ0v) is 8.81. The smallest absolute Gasteiger partial charge is 0.334 e. The van der Waals surface area contributed by atoms with E-state index < -0.39 is 12.1 Å². The maximum absolute atomic E-state index is 10.7. The van der Waals surface area contributed by atoms with E-state index in [1.165, 1.54) is 11.5 Å². The number of carbonyl (C=O) groups is 1. The van der Waals surface area contributed by atoms with E-state index >= 15 is 0 Å². The number of aliphatic carboxylic acids is 1. The van der Waals surface area contributed by atoms with Crippen molar-refractivity contribution in [2.75, 3.05) is 19.7 Å². The van der Waals surface area contributed by atoms with Crippen molar-refractivity contribution in [3.63, 3.8) is 0 Å². The first-order chi connectivity index (χ1) is 7.25. The Labute approximate surface area is 90.6 Å². The average molecular weight is 229 g/mol. The Morgan fingerprint density at radius 3 is 3.33 bits per heavy atom. The van der Waals surface area contributed by atoms with Gasteiger partial charge >= 0.3 is 5.97 Å². The zero-order chi connectivity index (χ0) is 10.7. The van der Waals surface area contributed by atoms with Crippen LogP contribution in [0.1, 0.15) is 4.88 Å². The van der Waals surface area contributed by atoms with Gasteiger partial charge in [0.2, 0.25) is 0 Å². The molecule has 1 unspecified atom stereocenters. The van der Waals surface area contributed by atoms with Gasteiger partial charge in [0.1, 0.15) is 0 Å². The fourth-order valence-electron chi connectivity index (χ4n) is 1.47. The number of carboxylic acids is 1. The van der Waals surface area contributed by atoms with Crippen LogP contribution in [0.2, 0.25) is 0 Å². The molecule has 6 nitrogen and oxygen atoms in total. The average Bonchev–Trinajstić information content (AvgIpc) is 2.71. The molecule has 15 heavy (non-hydrogen) atoms. The van der Waals surface area contributed by atoms with Crippen LogP contribution in [0.15, 0.2) is 6.20 Å². The Hall–Kier alpha value is -1.05. The molecule has 1 aromatic rings. The first-order valence-electron chi connectivity index (χ1n) is 4.58. The predicted octanol–water partition coefficient (Wildman–Crippen LogP) is -0.177. The first-order valence-corrected chi connectivity index (χ1v) is 5.36. The van der Waals surface area contributed by atoms with E-state index in [4.69, 9.17) is 9.84 Å². The minimum Gasteiger partial charge on any atom is -0.479 e. The highest BCUT2D eigenvalue weighted by atomic mass is 32.1. The van der Waals surface area contributed by atoms with Gasteiger partial charge in [-0.05, 0) is 11.5 Å². The second kappa shape index (κ2) is 4.65. The fourth-order valence-corrected chi connectivity index (χ4v) is 2.01. The van der Waals surface area contributed by atoms with E-state index in [-0.39, 0.29) is 0 Å². The third-order valence-electron chi connectivity index (χ3n) is 2.21. The van der Waals surface area contributed by atoms with Crippen LogP contribution in [0, 0.1) is 0 Å². The molecule has 1 saturated heterocycles. The number of morpholine rings is 1. The molecule has 2 rings (SSSR count). The molecule has 1 N–H and O–H groups in total. The summed E-state index contributed by atoms with van der Waals surface area (Å²) in [5, 5.41) is 12.5. The third kappa shape index (κ3) is 2.71. The molecule has 1 fully saturated rings. The molecule has 1 aliphatic rings. The summed E-state index contributed by atoms with van der Waals surface area (Å²) in [7, 11) is 0. The lowest BCUT2D eigenvalue weighted by Gasteiger charge is -2.30. The monoisotopic (exact) mass is 229 g/mol. The lowest BCUT2D eigenvalue weighted by molar-refractivity contribution is -0.156. The number of hydrogen-bond donors (Lipinski definition) is 1. The van der Waals surface area contributed by atoms with Gasteiger partial charge < -0.3 is 9.84 Å². The summed E-state index contributed by atoms with van der Waals surface area (Å²) in [4.78, 5) is 13.8. The lowest BCUT2D eigenvalue weighted by atomic mass is 10.2. The number of carboxylic acid groups (broad SMARTS) is 1. The van der Waals surface area contributed by atoms with Crippen LogP contribution >= 0.6 is 11.5 Å². The molecule has 7 heteroatoms. The molecule has 0 saturated carbocycles. The van der Waals surface area contributed by atoms with Crippen molar-refractivity contribution < 1.29 is 14.6 Å². The number of nitrogens with zero attached hydrogens (tertiary/aromatic N) is 3. The summed E-state index contributed by atoms with van der Waals surface area (Å²) in [5.74, 6) is -0.901. The second-order valence-electron chi connectivity index (χ2n) is 3.32. The quantitative estimate of drug-likeness (QED) is 0.775. The maximum atomic E-state index is 10.7. The SMILES string of the molecule is O=C(O)C1CN(Cc2cnns2)CCO1. The van der Waals surface area contributed by atoms with E-state index in [0.717, 1.165) is 11.4 Å². The molecule has 1 aromatic heterocycles. The summed E-state index contributed by atoms with van der Waals surface area (Å²) in [5.41, 5.74) is 0. The predicted molar refractivity (Wildman–Crippen MR) is 52.6 cm³/mol. The van der Waals surface area contributed by atoms with Crippen LogP contribution in [0.25, 0.3) is 0 Å². The summed E-state index contributed by atoms with van der Waals surface area (Å²) >= 11 is 1.34. The highest BCUT2D eigenvalue weighted by molar-refractivity contribution is 7.05. The molecular formula is C8H11N3O3S. The first kappa shape index (κ1) is 10.5. The van der Waals surface area contributed by atoms with Gasteiger partial charge in [0, 0.05) is 19.6 Å². The largest absolute Gasteiger partial charge is 0.479 e. The van der Waals surface area contributed by atoms with Crippen LogP contribution in [-0.2, 0) is 16.1 Å². The Balaban J connectivity index is 1.90. The molecule has 0 bridgehead atoms. The van der Waals surface area contributed by atoms with Crippen molar-refractivity contribution in [2.24, 2.45) is 0 Å². The van der Waals surface area contributed by atoms with Crippen LogP contribution in [0.3, 0.4) is 0 Å². The Morgan fingerprint density at radius 1 is 1.80 bits per heavy atom. The Morgan fingerprint density at radius 2 is 2.67 bits per heavy atom. The minimum absolute atomic E-state index is 0.424. The van der Waals surface area contributed by atoms with E-state index in [2.05, 4.69) is 9.59 Å². The second-order valence-corrected chi connectivity index (χ2v) is 4.19. The van der Waals surface area contributed by atoms with Crippen molar-refractivity contribution in [1.29, 1.82) is 0 Å². The number of aromatic nitrogens is 2. The topological polar surface area (TPSA) is 75.5 Å².